The minimum atomic E-state index is 1.01. The van der Waals surface area contributed by atoms with E-state index < -0.39 is 0 Å². The third-order valence-electron chi connectivity index (χ3n) is 8.40. The predicted octanol–water partition coefficient (Wildman–Crippen LogP) is 7.83. The third-order valence-corrected chi connectivity index (χ3v) is 8.40. The van der Waals surface area contributed by atoms with E-state index in [1.54, 1.807) is 0 Å². The lowest BCUT2D eigenvalue weighted by molar-refractivity contribution is 1.04. The fourth-order valence-corrected chi connectivity index (χ4v) is 6.94. The number of fused-ring (bicyclic) bond motifs is 11. The van der Waals surface area contributed by atoms with Crippen LogP contribution in [0.5, 0.6) is 0 Å². The smallest absolute Gasteiger partial charge is 0.0576 e. The Morgan fingerprint density at radius 3 is 2.06 bits per heavy atom. The van der Waals surface area contributed by atoms with Gasteiger partial charge >= 0.3 is 0 Å². The van der Waals surface area contributed by atoms with E-state index in [9.17, 15) is 0 Å². The summed E-state index contributed by atoms with van der Waals surface area (Å²) < 4.78 is 2.53. The molecule has 0 saturated heterocycles. The summed E-state index contributed by atoms with van der Waals surface area (Å²) in [5.74, 6) is 0. The van der Waals surface area contributed by atoms with Crippen molar-refractivity contribution in [2.24, 2.45) is 0 Å². The molecular weight excluding hydrogens is 410 g/mol. The number of nitrogens with zero attached hydrogens (tertiary/aromatic N) is 1. The Balaban J connectivity index is 1.34. The second-order valence-corrected chi connectivity index (χ2v) is 10.2. The second kappa shape index (κ2) is 5.87. The van der Waals surface area contributed by atoms with Gasteiger partial charge in [-0.3, -0.25) is 0 Å². The molecule has 1 aromatic heterocycles. The monoisotopic (exact) mass is 431 g/mol. The minimum absolute atomic E-state index is 1.01. The van der Waals surface area contributed by atoms with Crippen LogP contribution in [0.25, 0.3) is 49.7 Å². The van der Waals surface area contributed by atoms with Crippen LogP contribution in [0.15, 0.2) is 91.0 Å². The van der Waals surface area contributed by atoms with Crippen LogP contribution in [0.2, 0.25) is 0 Å². The van der Waals surface area contributed by atoms with Gasteiger partial charge in [0, 0.05) is 22.9 Å². The molecule has 0 fully saturated rings. The van der Waals surface area contributed by atoms with Crippen molar-refractivity contribution in [3.8, 4) is 27.9 Å². The highest BCUT2D eigenvalue weighted by Gasteiger charge is 2.28. The third kappa shape index (κ3) is 2.02. The summed E-state index contributed by atoms with van der Waals surface area (Å²) in [5.41, 5.74) is 18.5. The molecule has 0 saturated carbocycles. The van der Waals surface area contributed by atoms with Crippen molar-refractivity contribution < 1.29 is 0 Å². The van der Waals surface area contributed by atoms with Crippen molar-refractivity contribution in [2.75, 3.05) is 0 Å². The zero-order valence-corrected chi connectivity index (χ0v) is 18.7. The van der Waals surface area contributed by atoms with Crippen molar-refractivity contribution >= 4 is 21.8 Å². The van der Waals surface area contributed by atoms with Gasteiger partial charge < -0.3 is 4.57 Å². The molecule has 2 heterocycles. The first kappa shape index (κ1) is 17.4. The molecule has 1 heteroatoms. The summed E-state index contributed by atoms with van der Waals surface area (Å²) in [4.78, 5) is 0. The summed E-state index contributed by atoms with van der Waals surface area (Å²) in [6.07, 6.45) is 3.10. The molecule has 0 bridgehead atoms. The van der Waals surface area contributed by atoms with Gasteiger partial charge in [0.2, 0.25) is 0 Å². The Hall–Kier alpha value is -4.10. The molecule has 34 heavy (non-hydrogen) atoms. The van der Waals surface area contributed by atoms with Gasteiger partial charge in [-0.2, -0.15) is 0 Å². The van der Waals surface area contributed by atoms with Crippen LogP contribution >= 0.6 is 0 Å². The van der Waals surface area contributed by atoms with E-state index in [0.717, 1.165) is 19.3 Å². The van der Waals surface area contributed by atoms with Crippen LogP contribution in [-0.2, 0) is 19.3 Å². The highest BCUT2D eigenvalue weighted by atomic mass is 15.0. The normalized spacial score (nSPS) is 14.1. The molecule has 2 aliphatic carbocycles. The molecule has 5 aromatic carbocycles. The van der Waals surface area contributed by atoms with Gasteiger partial charge in [0.25, 0.3) is 0 Å². The lowest BCUT2D eigenvalue weighted by atomic mass is 9.96. The lowest BCUT2D eigenvalue weighted by Crippen LogP contribution is -2.07. The van der Waals surface area contributed by atoms with Crippen molar-refractivity contribution in [3.63, 3.8) is 0 Å². The fourth-order valence-electron chi connectivity index (χ4n) is 6.94. The average Bonchev–Trinajstić information content (AvgIpc) is 3.51. The second-order valence-electron chi connectivity index (χ2n) is 10.2. The number of hydrogen-bond acceptors (Lipinski definition) is 0. The van der Waals surface area contributed by atoms with Crippen molar-refractivity contribution in [2.45, 2.75) is 19.3 Å². The van der Waals surface area contributed by atoms with E-state index in [2.05, 4.69) is 95.6 Å². The summed E-state index contributed by atoms with van der Waals surface area (Å²) in [6.45, 7) is 0. The van der Waals surface area contributed by atoms with Gasteiger partial charge in [0.15, 0.2) is 0 Å². The maximum Gasteiger partial charge on any atom is 0.0576 e. The molecule has 0 unspecified atom stereocenters. The van der Waals surface area contributed by atoms with E-state index in [1.807, 2.05) is 0 Å². The molecule has 0 radical (unpaired) electrons. The molecule has 0 N–H and O–H groups in total. The molecule has 9 rings (SSSR count). The first-order chi connectivity index (χ1) is 16.8. The first-order valence-corrected chi connectivity index (χ1v) is 12.3. The van der Waals surface area contributed by atoms with E-state index in [0.29, 0.717) is 0 Å². The quantitative estimate of drug-likeness (QED) is 0.231. The molecule has 0 spiro atoms. The van der Waals surface area contributed by atoms with Gasteiger partial charge in [-0.05, 0) is 92.7 Å². The topological polar surface area (TPSA) is 4.93 Å². The lowest BCUT2D eigenvalue weighted by Gasteiger charge is -2.20. The van der Waals surface area contributed by atoms with E-state index >= 15 is 0 Å². The predicted molar refractivity (Wildman–Crippen MR) is 140 cm³/mol. The van der Waals surface area contributed by atoms with Crippen LogP contribution in [0, 0.1) is 0 Å². The molecule has 158 valence electrons. The number of para-hydroxylation sites is 2. The van der Waals surface area contributed by atoms with Crippen molar-refractivity contribution in [1.82, 2.24) is 4.57 Å². The summed E-state index contributed by atoms with van der Waals surface area (Å²) in [7, 11) is 0. The van der Waals surface area contributed by atoms with Gasteiger partial charge in [-0.15, -0.1) is 0 Å². The maximum atomic E-state index is 2.53. The summed E-state index contributed by atoms with van der Waals surface area (Å²) in [5, 5.41) is 2.76. The van der Waals surface area contributed by atoms with Crippen LogP contribution in [0.1, 0.15) is 33.4 Å². The Bertz CT molecular complexity index is 1880. The molecular formula is C33H21N. The van der Waals surface area contributed by atoms with Gasteiger partial charge in [0.05, 0.1) is 11.0 Å². The van der Waals surface area contributed by atoms with Crippen LogP contribution in [0.4, 0.5) is 0 Å². The van der Waals surface area contributed by atoms with E-state index in [-0.39, 0.29) is 0 Å². The largest absolute Gasteiger partial charge is 0.309 e. The molecule has 3 aliphatic rings. The van der Waals surface area contributed by atoms with Crippen molar-refractivity contribution in [3.05, 3.63) is 124 Å². The van der Waals surface area contributed by atoms with Crippen LogP contribution in [-0.4, -0.2) is 4.57 Å². The zero-order chi connectivity index (χ0) is 22.0. The summed E-state index contributed by atoms with van der Waals surface area (Å²) >= 11 is 0. The highest BCUT2D eigenvalue weighted by Crippen LogP contribution is 2.48. The fraction of sp³-hybridized carbons (Fsp3) is 0.0909. The molecule has 1 aliphatic heterocycles. The minimum Gasteiger partial charge on any atom is -0.309 e. The maximum absolute atomic E-state index is 2.53. The zero-order valence-electron chi connectivity index (χ0n) is 18.7. The molecule has 6 aromatic rings. The Labute approximate surface area is 197 Å². The number of hydrogen-bond donors (Lipinski definition) is 0. The number of benzene rings is 5. The average molecular weight is 432 g/mol. The SMILES string of the molecule is c1ccc2c(c1)Cc1cc3c(cc1-2)-c1cc2c4cccc5c4n(c2cc1C3)-c1ccccc1C5. The Morgan fingerprint density at radius 1 is 0.441 bits per heavy atom. The number of aromatic nitrogens is 1. The van der Waals surface area contributed by atoms with E-state index in [1.165, 1.54) is 83.1 Å². The molecule has 1 nitrogen and oxygen atoms in total. The van der Waals surface area contributed by atoms with Gasteiger partial charge in [0.1, 0.15) is 0 Å². The van der Waals surface area contributed by atoms with Crippen LogP contribution < -0.4 is 0 Å². The standard InChI is InChI=1S/C33H21N/c1-3-9-25-19(6-1)12-22-14-23-15-24-16-32-30(18-29(24)28(23)17-27(22)25)26-10-5-8-21-13-20-7-2-4-11-31(20)34(32)33(21)26/h1-11,14,16-18H,12-13,15H2. The highest BCUT2D eigenvalue weighted by molar-refractivity contribution is 6.13. The van der Waals surface area contributed by atoms with Crippen LogP contribution in [0.3, 0.4) is 0 Å². The Morgan fingerprint density at radius 2 is 1.12 bits per heavy atom. The van der Waals surface area contributed by atoms with Gasteiger partial charge in [-0.1, -0.05) is 66.7 Å². The first-order valence-electron chi connectivity index (χ1n) is 12.3. The van der Waals surface area contributed by atoms with E-state index in [4.69, 9.17) is 0 Å². The molecule has 0 atom stereocenters. The Kier molecular flexibility index (Phi) is 3.00. The van der Waals surface area contributed by atoms with Gasteiger partial charge in [-0.25, -0.2) is 0 Å². The molecule has 0 amide bonds. The number of rotatable bonds is 0. The van der Waals surface area contributed by atoms with Crippen molar-refractivity contribution in [1.29, 1.82) is 0 Å². The summed E-state index contributed by atoms with van der Waals surface area (Å²) in [6, 6.07) is 34.6.